The van der Waals surface area contributed by atoms with E-state index in [0.717, 1.165) is 52.0 Å². The van der Waals surface area contributed by atoms with Crippen molar-refractivity contribution >= 4 is 44.8 Å². The van der Waals surface area contributed by atoms with E-state index in [1.54, 1.807) is 18.4 Å². The summed E-state index contributed by atoms with van der Waals surface area (Å²) in [6.07, 6.45) is 8.27. The van der Waals surface area contributed by atoms with Gasteiger partial charge in [0.1, 0.15) is 5.75 Å². The molecule has 2 aliphatic heterocycles. The summed E-state index contributed by atoms with van der Waals surface area (Å²) >= 11 is 1.74. The van der Waals surface area contributed by atoms with Crippen molar-refractivity contribution in [2.75, 3.05) is 43.6 Å². The Morgan fingerprint density at radius 1 is 1.24 bits per heavy atom. The molecular formula is C25H26N6O2S. The van der Waals surface area contributed by atoms with Gasteiger partial charge in [-0.05, 0) is 18.2 Å². The SMILES string of the molecule is COc1ccccc1NCc1cc2nc(C3=CC=CC4NN=CC34)nc(N3CCOCC3)c2s1. The molecule has 0 spiro atoms. The molecule has 0 saturated carbocycles. The number of nitrogens with zero attached hydrogens (tertiary/aromatic N) is 4. The van der Waals surface area contributed by atoms with Crippen LogP contribution in [-0.4, -0.2) is 55.6 Å². The van der Waals surface area contributed by atoms with E-state index in [1.165, 1.54) is 4.88 Å². The Bertz CT molecular complexity index is 1290. The summed E-state index contributed by atoms with van der Waals surface area (Å²) in [5, 5.41) is 7.79. The molecule has 9 heteroatoms. The van der Waals surface area contributed by atoms with Crippen LogP contribution < -0.4 is 20.4 Å². The van der Waals surface area contributed by atoms with Crippen LogP contribution in [0, 0.1) is 5.92 Å². The zero-order valence-electron chi connectivity index (χ0n) is 18.9. The van der Waals surface area contributed by atoms with Crippen LogP contribution >= 0.6 is 11.3 Å². The van der Waals surface area contributed by atoms with Crippen LogP contribution in [0.15, 0.2) is 53.7 Å². The van der Waals surface area contributed by atoms with Gasteiger partial charge >= 0.3 is 0 Å². The second-order valence-corrected chi connectivity index (χ2v) is 9.55. The van der Waals surface area contributed by atoms with Crippen molar-refractivity contribution in [3.8, 4) is 5.75 Å². The average Bonchev–Trinajstić information content (AvgIpc) is 3.54. The normalized spacial score (nSPS) is 21.3. The van der Waals surface area contributed by atoms with Crippen LogP contribution in [0.3, 0.4) is 0 Å². The average molecular weight is 475 g/mol. The van der Waals surface area contributed by atoms with Crippen LogP contribution in [0.25, 0.3) is 15.8 Å². The maximum Gasteiger partial charge on any atom is 0.158 e. The Morgan fingerprint density at radius 3 is 3.00 bits per heavy atom. The summed E-state index contributed by atoms with van der Waals surface area (Å²) in [6.45, 7) is 3.76. The molecule has 1 saturated heterocycles. The number of aromatic nitrogens is 2. The lowest BCUT2D eigenvalue weighted by Crippen LogP contribution is -2.37. The first kappa shape index (κ1) is 21.1. The first-order valence-corrected chi connectivity index (χ1v) is 12.3. The monoisotopic (exact) mass is 474 g/mol. The highest BCUT2D eigenvalue weighted by Gasteiger charge is 2.31. The molecule has 34 heavy (non-hydrogen) atoms. The number of hydrogen-bond donors (Lipinski definition) is 2. The summed E-state index contributed by atoms with van der Waals surface area (Å²) in [5.41, 5.74) is 6.21. The number of fused-ring (bicyclic) bond motifs is 2. The summed E-state index contributed by atoms with van der Waals surface area (Å²) in [6, 6.07) is 10.3. The van der Waals surface area contributed by atoms with Crippen molar-refractivity contribution in [2.45, 2.75) is 12.6 Å². The highest BCUT2D eigenvalue weighted by molar-refractivity contribution is 7.19. The molecule has 2 aromatic heterocycles. The summed E-state index contributed by atoms with van der Waals surface area (Å²) in [7, 11) is 1.69. The molecule has 3 aliphatic rings. The molecule has 3 aromatic rings. The molecule has 2 N–H and O–H groups in total. The largest absolute Gasteiger partial charge is 0.495 e. The third kappa shape index (κ3) is 3.91. The number of morpholine rings is 1. The van der Waals surface area contributed by atoms with E-state index < -0.39 is 0 Å². The highest BCUT2D eigenvalue weighted by Crippen LogP contribution is 2.37. The van der Waals surface area contributed by atoms with Gasteiger partial charge in [0.15, 0.2) is 11.6 Å². The molecule has 0 bridgehead atoms. The minimum absolute atomic E-state index is 0.144. The van der Waals surface area contributed by atoms with Gasteiger partial charge in [0.25, 0.3) is 0 Å². The Morgan fingerprint density at radius 2 is 2.12 bits per heavy atom. The van der Waals surface area contributed by atoms with Gasteiger partial charge in [-0.25, -0.2) is 9.97 Å². The van der Waals surface area contributed by atoms with Crippen molar-refractivity contribution < 1.29 is 9.47 Å². The predicted molar refractivity (Wildman–Crippen MR) is 137 cm³/mol. The lowest BCUT2D eigenvalue weighted by molar-refractivity contribution is 0.122. The van der Waals surface area contributed by atoms with Gasteiger partial charge < -0.3 is 25.1 Å². The molecule has 4 heterocycles. The standard InChI is InChI=1S/C25H26N6O2S/c1-32-22-8-3-2-6-20(22)26-14-16-13-21-23(34-16)25(31-9-11-33-12-10-31)29-24(28-21)17-5-4-7-19-18(17)15-27-30-19/h2-8,13,15,18-19,26,30H,9-12,14H2,1H3. The van der Waals surface area contributed by atoms with E-state index in [-0.39, 0.29) is 12.0 Å². The number of para-hydroxylation sites is 2. The first-order valence-electron chi connectivity index (χ1n) is 11.5. The van der Waals surface area contributed by atoms with Gasteiger partial charge in [-0.3, -0.25) is 0 Å². The Balaban J connectivity index is 1.37. The summed E-state index contributed by atoms with van der Waals surface area (Å²) in [4.78, 5) is 13.6. The summed E-state index contributed by atoms with van der Waals surface area (Å²) in [5.74, 6) is 2.74. The zero-order chi connectivity index (χ0) is 22.9. The molecule has 0 amide bonds. The van der Waals surface area contributed by atoms with E-state index in [0.29, 0.717) is 19.8 Å². The maximum atomic E-state index is 5.60. The number of hydrogen-bond acceptors (Lipinski definition) is 9. The molecule has 2 unspecified atom stereocenters. The molecule has 2 atom stereocenters. The van der Waals surface area contributed by atoms with Crippen LogP contribution in [0.1, 0.15) is 10.7 Å². The Kier molecular flexibility index (Phi) is 5.64. The Labute approximate surface area is 202 Å². The lowest BCUT2D eigenvalue weighted by Gasteiger charge is -2.29. The highest BCUT2D eigenvalue weighted by atomic mass is 32.1. The van der Waals surface area contributed by atoms with Crippen molar-refractivity contribution in [1.82, 2.24) is 15.4 Å². The Hall–Kier alpha value is -3.43. The number of nitrogens with one attached hydrogen (secondary N) is 2. The van der Waals surface area contributed by atoms with E-state index >= 15 is 0 Å². The number of thiophene rings is 1. The number of benzene rings is 1. The minimum Gasteiger partial charge on any atom is -0.495 e. The maximum absolute atomic E-state index is 5.60. The van der Waals surface area contributed by atoms with E-state index in [9.17, 15) is 0 Å². The van der Waals surface area contributed by atoms with Crippen molar-refractivity contribution in [3.05, 3.63) is 59.3 Å². The van der Waals surface area contributed by atoms with Crippen LogP contribution in [0.4, 0.5) is 11.5 Å². The number of methoxy groups -OCH3 is 1. The van der Waals surface area contributed by atoms with E-state index in [2.05, 4.69) is 45.0 Å². The van der Waals surface area contributed by atoms with Gasteiger partial charge in [0.2, 0.25) is 0 Å². The molecule has 8 nitrogen and oxygen atoms in total. The van der Waals surface area contributed by atoms with E-state index in [4.69, 9.17) is 19.4 Å². The quantitative estimate of drug-likeness (QED) is 0.564. The second kappa shape index (κ2) is 9.08. The molecule has 1 fully saturated rings. The van der Waals surface area contributed by atoms with Gasteiger partial charge in [0.05, 0.1) is 48.2 Å². The topological polar surface area (TPSA) is 83.9 Å². The molecule has 1 aliphatic carbocycles. The molecular weight excluding hydrogens is 448 g/mol. The number of hydrazone groups is 1. The predicted octanol–water partition coefficient (Wildman–Crippen LogP) is 3.68. The fourth-order valence-electron chi connectivity index (χ4n) is 4.58. The molecule has 1 aromatic carbocycles. The smallest absolute Gasteiger partial charge is 0.158 e. The minimum atomic E-state index is 0.144. The third-order valence-corrected chi connectivity index (χ3v) is 7.45. The second-order valence-electron chi connectivity index (χ2n) is 8.42. The van der Waals surface area contributed by atoms with Gasteiger partial charge in [0, 0.05) is 36.3 Å². The van der Waals surface area contributed by atoms with E-state index in [1.807, 2.05) is 30.5 Å². The van der Waals surface area contributed by atoms with Gasteiger partial charge in [-0.1, -0.05) is 30.4 Å². The van der Waals surface area contributed by atoms with Crippen LogP contribution in [-0.2, 0) is 11.3 Å². The van der Waals surface area contributed by atoms with Crippen molar-refractivity contribution in [3.63, 3.8) is 0 Å². The lowest BCUT2D eigenvalue weighted by atomic mass is 9.88. The number of ether oxygens (including phenoxy) is 2. The number of rotatable bonds is 6. The van der Waals surface area contributed by atoms with Gasteiger partial charge in [-0.2, -0.15) is 5.10 Å². The fourth-order valence-corrected chi connectivity index (χ4v) is 5.63. The molecule has 0 radical (unpaired) electrons. The van der Waals surface area contributed by atoms with Gasteiger partial charge in [-0.15, -0.1) is 11.3 Å². The molecule has 174 valence electrons. The third-order valence-electron chi connectivity index (χ3n) is 6.33. The number of allylic oxidation sites excluding steroid dienone is 2. The first-order chi connectivity index (χ1) is 16.8. The fraction of sp³-hybridized carbons (Fsp3) is 0.320. The zero-order valence-corrected chi connectivity index (χ0v) is 19.7. The van der Waals surface area contributed by atoms with Crippen molar-refractivity contribution in [1.29, 1.82) is 0 Å². The molecule has 6 rings (SSSR count). The van der Waals surface area contributed by atoms with Crippen molar-refractivity contribution in [2.24, 2.45) is 11.0 Å². The number of anilines is 2. The summed E-state index contributed by atoms with van der Waals surface area (Å²) < 4.78 is 12.2. The van der Waals surface area contributed by atoms with Crippen LogP contribution in [0.5, 0.6) is 5.75 Å². The van der Waals surface area contributed by atoms with Crippen LogP contribution in [0.2, 0.25) is 0 Å².